The average molecular weight is 424 g/mol. The van der Waals surface area contributed by atoms with E-state index in [1.165, 1.54) is 11.1 Å². The van der Waals surface area contributed by atoms with Crippen LogP contribution in [0.2, 0.25) is 0 Å². The van der Waals surface area contributed by atoms with Gasteiger partial charge in [-0.05, 0) is 36.4 Å². The molecular formula is C22H31Cl2N3O. The molecule has 0 heterocycles. The Morgan fingerprint density at radius 2 is 1.46 bits per heavy atom. The molecule has 2 unspecified atom stereocenters. The number of nitrogens with two attached hydrogens (primary N) is 1. The molecule has 0 aromatic heterocycles. The van der Waals surface area contributed by atoms with Crippen LogP contribution in [0.25, 0.3) is 0 Å². The third kappa shape index (κ3) is 7.44. The van der Waals surface area contributed by atoms with E-state index in [1.807, 2.05) is 36.4 Å². The molecule has 4 nitrogen and oxygen atoms in total. The van der Waals surface area contributed by atoms with Crippen molar-refractivity contribution in [2.45, 2.75) is 38.4 Å². The number of halogens is 2. The summed E-state index contributed by atoms with van der Waals surface area (Å²) in [6.07, 6.45) is 3.33. The quantitative estimate of drug-likeness (QED) is 0.678. The first-order chi connectivity index (χ1) is 12.7. The predicted molar refractivity (Wildman–Crippen MR) is 120 cm³/mol. The van der Waals surface area contributed by atoms with E-state index in [2.05, 4.69) is 34.5 Å². The van der Waals surface area contributed by atoms with Crippen LogP contribution < -0.4 is 11.1 Å². The van der Waals surface area contributed by atoms with Gasteiger partial charge in [-0.25, -0.2) is 0 Å². The van der Waals surface area contributed by atoms with E-state index in [9.17, 15) is 4.79 Å². The minimum Gasteiger partial charge on any atom is -0.352 e. The number of carbonyl (C=O) groups excluding carboxylic acids is 1. The summed E-state index contributed by atoms with van der Waals surface area (Å²) < 4.78 is 0. The van der Waals surface area contributed by atoms with Crippen molar-refractivity contribution in [3.05, 3.63) is 71.8 Å². The van der Waals surface area contributed by atoms with Gasteiger partial charge >= 0.3 is 0 Å². The van der Waals surface area contributed by atoms with Crippen molar-refractivity contribution >= 4 is 30.7 Å². The van der Waals surface area contributed by atoms with E-state index in [1.54, 1.807) is 0 Å². The third-order valence-electron chi connectivity index (χ3n) is 5.17. The van der Waals surface area contributed by atoms with E-state index in [-0.39, 0.29) is 36.8 Å². The molecular weight excluding hydrogens is 393 g/mol. The number of carbonyl (C=O) groups is 1. The van der Waals surface area contributed by atoms with Gasteiger partial charge in [0.15, 0.2) is 0 Å². The molecule has 3 rings (SSSR count). The number of hydrogen-bond donors (Lipinski definition) is 2. The molecule has 0 aliphatic heterocycles. The highest BCUT2D eigenvalue weighted by Gasteiger charge is 2.27. The lowest BCUT2D eigenvalue weighted by molar-refractivity contribution is -0.123. The molecule has 3 N–H and O–H groups in total. The van der Waals surface area contributed by atoms with E-state index in [0.717, 1.165) is 32.4 Å². The van der Waals surface area contributed by atoms with Gasteiger partial charge in [0.25, 0.3) is 0 Å². The highest BCUT2D eigenvalue weighted by atomic mass is 35.5. The number of hydrogen-bond acceptors (Lipinski definition) is 3. The second kappa shape index (κ2) is 12.8. The summed E-state index contributed by atoms with van der Waals surface area (Å²) in [5, 5.41) is 3.22. The van der Waals surface area contributed by atoms with E-state index >= 15 is 0 Å². The van der Waals surface area contributed by atoms with Crippen molar-refractivity contribution < 1.29 is 4.79 Å². The zero-order valence-electron chi connectivity index (χ0n) is 16.1. The van der Waals surface area contributed by atoms with Crippen molar-refractivity contribution in [3.63, 3.8) is 0 Å². The number of benzene rings is 2. The van der Waals surface area contributed by atoms with Gasteiger partial charge in [-0.1, -0.05) is 67.1 Å². The maximum Gasteiger partial charge on any atom is 0.234 e. The van der Waals surface area contributed by atoms with Gasteiger partial charge in [-0.15, -0.1) is 24.8 Å². The summed E-state index contributed by atoms with van der Waals surface area (Å²) in [4.78, 5) is 14.9. The fraction of sp³-hybridized carbons (Fsp3) is 0.409. The molecule has 1 aliphatic rings. The lowest BCUT2D eigenvalue weighted by Gasteiger charge is -2.25. The molecule has 1 amide bonds. The zero-order valence-corrected chi connectivity index (χ0v) is 17.8. The first-order valence-corrected chi connectivity index (χ1v) is 9.54. The van der Waals surface area contributed by atoms with Gasteiger partial charge < -0.3 is 11.1 Å². The number of nitrogens with one attached hydrogen (secondary N) is 1. The van der Waals surface area contributed by atoms with Crippen molar-refractivity contribution in [1.29, 1.82) is 0 Å². The topological polar surface area (TPSA) is 58.4 Å². The first kappa shape index (κ1) is 24.4. The van der Waals surface area contributed by atoms with Crippen molar-refractivity contribution in [2.75, 3.05) is 13.1 Å². The van der Waals surface area contributed by atoms with E-state index < -0.39 is 0 Å². The summed E-state index contributed by atoms with van der Waals surface area (Å²) in [6.45, 7) is 2.57. The molecule has 1 saturated carbocycles. The van der Waals surface area contributed by atoms with Crippen LogP contribution >= 0.6 is 24.8 Å². The summed E-state index contributed by atoms with van der Waals surface area (Å²) in [5.41, 5.74) is 8.28. The molecule has 2 atom stereocenters. The van der Waals surface area contributed by atoms with Crippen LogP contribution in [0.4, 0.5) is 0 Å². The largest absolute Gasteiger partial charge is 0.352 e. The molecule has 28 heavy (non-hydrogen) atoms. The molecule has 6 heteroatoms. The van der Waals surface area contributed by atoms with Crippen LogP contribution in [-0.2, 0) is 17.9 Å². The molecule has 1 aliphatic carbocycles. The summed E-state index contributed by atoms with van der Waals surface area (Å²) in [7, 11) is 0. The van der Waals surface area contributed by atoms with Crippen LogP contribution in [-0.4, -0.2) is 29.9 Å². The van der Waals surface area contributed by atoms with Gasteiger partial charge in [0.1, 0.15) is 0 Å². The molecule has 0 spiro atoms. The van der Waals surface area contributed by atoms with Crippen LogP contribution in [0.15, 0.2) is 60.7 Å². The summed E-state index contributed by atoms with van der Waals surface area (Å²) >= 11 is 0. The predicted octanol–water partition coefficient (Wildman–Crippen LogP) is 3.78. The average Bonchev–Trinajstić information content (AvgIpc) is 3.10. The zero-order chi connectivity index (χ0) is 18.2. The minimum absolute atomic E-state index is 0. The molecule has 0 saturated heterocycles. The van der Waals surface area contributed by atoms with Crippen LogP contribution in [0.3, 0.4) is 0 Å². The second-order valence-corrected chi connectivity index (χ2v) is 7.22. The highest BCUT2D eigenvalue weighted by molar-refractivity contribution is 5.85. The van der Waals surface area contributed by atoms with Gasteiger partial charge in [-0.3, -0.25) is 9.69 Å². The lowest BCUT2D eigenvalue weighted by Crippen LogP contribution is -2.44. The molecule has 2 aromatic rings. The van der Waals surface area contributed by atoms with Gasteiger partial charge in [0.05, 0.1) is 6.54 Å². The smallest absolute Gasteiger partial charge is 0.234 e. The molecule has 154 valence electrons. The highest BCUT2D eigenvalue weighted by Crippen LogP contribution is 2.24. The van der Waals surface area contributed by atoms with Crippen molar-refractivity contribution in [3.8, 4) is 0 Å². The van der Waals surface area contributed by atoms with Gasteiger partial charge in [0.2, 0.25) is 5.91 Å². The first-order valence-electron chi connectivity index (χ1n) is 9.54. The lowest BCUT2D eigenvalue weighted by atomic mass is 10.0. The molecule has 2 aromatic carbocycles. The monoisotopic (exact) mass is 423 g/mol. The Labute approximate surface area is 180 Å². The number of amides is 1. The Kier molecular flexibility index (Phi) is 11.2. The van der Waals surface area contributed by atoms with Crippen LogP contribution in [0, 0.1) is 5.92 Å². The standard InChI is InChI=1S/C22H29N3O.2ClH/c23-14-20-12-7-13-21(20)24-22(26)17-25(15-18-8-3-1-4-9-18)16-19-10-5-2-6-11-19;;/h1-6,8-11,20-21H,7,12-17,23H2,(H,24,26);2*1H. The normalized spacial score (nSPS) is 18.2. The Balaban J connectivity index is 0.00000196. The van der Waals surface area contributed by atoms with E-state index in [4.69, 9.17) is 5.73 Å². The van der Waals surface area contributed by atoms with Crippen molar-refractivity contribution in [2.24, 2.45) is 11.7 Å². The fourth-order valence-electron chi connectivity index (χ4n) is 3.82. The van der Waals surface area contributed by atoms with Crippen LogP contribution in [0.5, 0.6) is 0 Å². The molecule has 0 bridgehead atoms. The Morgan fingerprint density at radius 3 is 1.96 bits per heavy atom. The summed E-state index contributed by atoms with van der Waals surface area (Å²) in [5.74, 6) is 0.526. The number of rotatable bonds is 8. The fourth-order valence-corrected chi connectivity index (χ4v) is 3.82. The van der Waals surface area contributed by atoms with Crippen LogP contribution in [0.1, 0.15) is 30.4 Å². The maximum atomic E-state index is 12.7. The summed E-state index contributed by atoms with van der Waals surface area (Å²) in [6, 6.07) is 20.9. The Morgan fingerprint density at radius 1 is 0.929 bits per heavy atom. The maximum absolute atomic E-state index is 12.7. The van der Waals surface area contributed by atoms with Gasteiger partial charge in [-0.2, -0.15) is 0 Å². The SMILES string of the molecule is Cl.Cl.NCC1CCCC1NC(=O)CN(Cc1ccccc1)Cc1ccccc1. The third-order valence-corrected chi connectivity index (χ3v) is 5.17. The number of nitrogens with zero attached hydrogens (tertiary/aromatic N) is 1. The Bertz CT molecular complexity index is 643. The second-order valence-electron chi connectivity index (χ2n) is 7.22. The molecule has 0 radical (unpaired) electrons. The molecule has 1 fully saturated rings. The van der Waals surface area contributed by atoms with Crippen molar-refractivity contribution in [1.82, 2.24) is 10.2 Å². The minimum atomic E-state index is 0. The van der Waals surface area contributed by atoms with Gasteiger partial charge in [0, 0.05) is 19.1 Å². The Hall–Kier alpha value is -1.59. The van der Waals surface area contributed by atoms with E-state index in [0.29, 0.717) is 19.0 Å².